The van der Waals surface area contributed by atoms with Crippen LogP contribution in [-0.4, -0.2) is 33.5 Å². The summed E-state index contributed by atoms with van der Waals surface area (Å²) >= 11 is 0. The lowest BCUT2D eigenvalue weighted by molar-refractivity contribution is -0.135. The normalized spacial score (nSPS) is 17.0. The molecule has 0 bridgehead atoms. The van der Waals surface area contributed by atoms with Gasteiger partial charge in [0.1, 0.15) is 5.52 Å². The monoisotopic (exact) mass is 322 g/mol. The molecule has 122 valence electrons. The number of aliphatic hydroxyl groups excluding tert-OH is 1. The van der Waals surface area contributed by atoms with Gasteiger partial charge in [0.25, 0.3) is 0 Å². The minimum Gasteiger partial charge on any atom is -0.443 e. The minimum atomic E-state index is -0.164. The smallest absolute Gasteiger partial charge is 0.227 e. The number of oxazole rings is 1. The Morgan fingerprint density at radius 2 is 2.08 bits per heavy atom. The number of hydrogen-bond donors (Lipinski definition) is 1. The van der Waals surface area contributed by atoms with E-state index in [2.05, 4.69) is 11.1 Å². The van der Waals surface area contributed by atoms with Crippen molar-refractivity contribution < 1.29 is 14.3 Å². The molecule has 1 aromatic heterocycles. The van der Waals surface area contributed by atoms with Gasteiger partial charge in [0.15, 0.2) is 12.0 Å². The Kier molecular flexibility index (Phi) is 3.78. The Bertz CT molecular complexity index is 887. The highest BCUT2D eigenvalue weighted by Gasteiger charge is 2.29. The van der Waals surface area contributed by atoms with E-state index in [1.165, 1.54) is 12.0 Å². The van der Waals surface area contributed by atoms with Gasteiger partial charge in [-0.1, -0.05) is 30.3 Å². The van der Waals surface area contributed by atoms with E-state index >= 15 is 0 Å². The Balaban J connectivity index is 1.56. The molecule has 24 heavy (non-hydrogen) atoms. The molecule has 3 aromatic rings. The molecule has 1 amide bonds. The molecule has 2 heterocycles. The van der Waals surface area contributed by atoms with Crippen LogP contribution in [0.2, 0.25) is 0 Å². The summed E-state index contributed by atoms with van der Waals surface area (Å²) in [6.45, 7) is 0.523. The zero-order chi connectivity index (χ0) is 16.5. The Morgan fingerprint density at radius 1 is 1.25 bits per heavy atom. The molecule has 1 atom stereocenters. The first-order valence-corrected chi connectivity index (χ1v) is 8.04. The van der Waals surface area contributed by atoms with Gasteiger partial charge in [-0.2, -0.15) is 0 Å². The molecular weight excluding hydrogens is 304 g/mol. The molecule has 0 saturated heterocycles. The van der Waals surface area contributed by atoms with Crippen LogP contribution in [0.1, 0.15) is 16.7 Å². The van der Waals surface area contributed by atoms with E-state index in [0.717, 1.165) is 16.6 Å². The van der Waals surface area contributed by atoms with Crippen LogP contribution in [0.5, 0.6) is 0 Å². The van der Waals surface area contributed by atoms with Gasteiger partial charge in [-0.15, -0.1) is 0 Å². The summed E-state index contributed by atoms with van der Waals surface area (Å²) in [6.07, 6.45) is 2.39. The van der Waals surface area contributed by atoms with Crippen molar-refractivity contribution in [2.45, 2.75) is 25.4 Å². The molecule has 5 heteroatoms. The first-order valence-electron chi connectivity index (χ1n) is 8.04. The number of aliphatic hydroxyl groups is 1. The van der Waals surface area contributed by atoms with Crippen molar-refractivity contribution in [3.63, 3.8) is 0 Å². The van der Waals surface area contributed by atoms with Crippen LogP contribution in [0.3, 0.4) is 0 Å². The summed E-state index contributed by atoms with van der Waals surface area (Å²) in [5.74, 6) is 0.0198. The van der Waals surface area contributed by atoms with Crippen LogP contribution in [0, 0.1) is 0 Å². The summed E-state index contributed by atoms with van der Waals surface area (Å²) in [4.78, 5) is 18.7. The maximum atomic E-state index is 12.8. The third kappa shape index (κ3) is 2.67. The van der Waals surface area contributed by atoms with E-state index in [1.54, 1.807) is 4.90 Å². The number of aromatic nitrogens is 1. The number of fused-ring (bicyclic) bond motifs is 2. The summed E-state index contributed by atoms with van der Waals surface area (Å²) < 4.78 is 5.23. The standard InChI is InChI=1S/C19H18N2O3/c22-11-16-9-14-3-1-2-4-15(14)10-21(16)19(23)8-13-5-6-18-17(7-13)20-12-24-18/h1-7,12,16,22H,8-11H2/t16-/m0/s1. The average molecular weight is 322 g/mol. The molecule has 5 nitrogen and oxygen atoms in total. The summed E-state index contributed by atoms with van der Waals surface area (Å²) in [6, 6.07) is 13.5. The third-order valence-corrected chi connectivity index (χ3v) is 4.64. The maximum Gasteiger partial charge on any atom is 0.227 e. The van der Waals surface area contributed by atoms with Crippen molar-refractivity contribution in [3.8, 4) is 0 Å². The van der Waals surface area contributed by atoms with Crippen LogP contribution < -0.4 is 0 Å². The van der Waals surface area contributed by atoms with Gasteiger partial charge in [-0.25, -0.2) is 4.98 Å². The number of rotatable bonds is 3. The van der Waals surface area contributed by atoms with E-state index in [1.807, 2.05) is 36.4 Å². The fourth-order valence-corrected chi connectivity index (χ4v) is 3.33. The molecule has 1 aliphatic rings. The van der Waals surface area contributed by atoms with E-state index in [4.69, 9.17) is 4.42 Å². The number of nitrogens with zero attached hydrogens (tertiary/aromatic N) is 2. The second-order valence-electron chi connectivity index (χ2n) is 6.16. The lowest BCUT2D eigenvalue weighted by Crippen LogP contribution is -2.46. The van der Waals surface area contributed by atoms with Gasteiger partial charge in [-0.05, 0) is 35.2 Å². The van der Waals surface area contributed by atoms with E-state index < -0.39 is 0 Å². The first-order chi connectivity index (χ1) is 11.7. The van der Waals surface area contributed by atoms with Crippen molar-refractivity contribution >= 4 is 17.0 Å². The number of carbonyl (C=O) groups is 1. The Labute approximate surface area is 139 Å². The lowest BCUT2D eigenvalue weighted by atomic mass is 9.93. The summed E-state index contributed by atoms with van der Waals surface area (Å²) in [5, 5.41) is 9.70. The van der Waals surface area contributed by atoms with E-state index in [-0.39, 0.29) is 18.6 Å². The molecular formula is C19H18N2O3. The van der Waals surface area contributed by atoms with Gasteiger partial charge >= 0.3 is 0 Å². The maximum absolute atomic E-state index is 12.8. The SMILES string of the molecule is O=C(Cc1ccc2ocnc2c1)N1Cc2ccccc2C[C@H]1CO. The molecule has 0 aliphatic carbocycles. The largest absolute Gasteiger partial charge is 0.443 e. The van der Waals surface area contributed by atoms with Crippen molar-refractivity contribution in [2.75, 3.05) is 6.61 Å². The zero-order valence-corrected chi connectivity index (χ0v) is 13.2. The zero-order valence-electron chi connectivity index (χ0n) is 13.2. The Morgan fingerprint density at radius 3 is 2.92 bits per heavy atom. The van der Waals surface area contributed by atoms with Gasteiger partial charge in [0.05, 0.1) is 19.1 Å². The molecule has 1 aliphatic heterocycles. The molecule has 4 rings (SSSR count). The van der Waals surface area contributed by atoms with Gasteiger partial charge in [-0.3, -0.25) is 4.79 Å². The molecule has 0 radical (unpaired) electrons. The van der Waals surface area contributed by atoms with Crippen LogP contribution in [-0.2, 0) is 24.2 Å². The number of amides is 1. The number of benzene rings is 2. The van der Waals surface area contributed by atoms with Gasteiger partial charge < -0.3 is 14.4 Å². The second kappa shape index (κ2) is 6.09. The van der Waals surface area contributed by atoms with E-state index in [9.17, 15) is 9.90 Å². The van der Waals surface area contributed by atoms with Gasteiger partial charge in [0.2, 0.25) is 5.91 Å². The molecule has 2 aromatic carbocycles. The quantitative estimate of drug-likeness (QED) is 0.803. The highest BCUT2D eigenvalue weighted by Crippen LogP contribution is 2.24. The Hall–Kier alpha value is -2.66. The van der Waals surface area contributed by atoms with Crippen molar-refractivity contribution in [3.05, 3.63) is 65.5 Å². The summed E-state index contributed by atoms with van der Waals surface area (Å²) in [7, 11) is 0. The second-order valence-corrected chi connectivity index (χ2v) is 6.16. The topological polar surface area (TPSA) is 66.6 Å². The number of carbonyl (C=O) groups excluding carboxylic acids is 1. The van der Waals surface area contributed by atoms with Crippen molar-refractivity contribution in [1.29, 1.82) is 0 Å². The van der Waals surface area contributed by atoms with Gasteiger partial charge in [0, 0.05) is 6.54 Å². The molecule has 0 saturated carbocycles. The third-order valence-electron chi connectivity index (χ3n) is 4.64. The fourth-order valence-electron chi connectivity index (χ4n) is 3.33. The lowest BCUT2D eigenvalue weighted by Gasteiger charge is -2.36. The molecule has 0 fully saturated rings. The van der Waals surface area contributed by atoms with Crippen LogP contribution in [0.4, 0.5) is 0 Å². The number of hydrogen-bond acceptors (Lipinski definition) is 4. The fraction of sp³-hybridized carbons (Fsp3) is 0.263. The van der Waals surface area contributed by atoms with E-state index in [0.29, 0.717) is 25.0 Å². The van der Waals surface area contributed by atoms with Crippen molar-refractivity contribution in [2.24, 2.45) is 0 Å². The highest BCUT2D eigenvalue weighted by atomic mass is 16.3. The predicted octanol–water partition coefficient (Wildman–Crippen LogP) is 2.32. The predicted molar refractivity (Wildman–Crippen MR) is 89.3 cm³/mol. The highest BCUT2D eigenvalue weighted by molar-refractivity contribution is 5.81. The summed E-state index contributed by atoms with van der Waals surface area (Å²) in [5.41, 5.74) is 4.73. The van der Waals surface area contributed by atoms with Crippen LogP contribution >= 0.6 is 0 Å². The average Bonchev–Trinajstić information content (AvgIpc) is 3.08. The molecule has 0 unspecified atom stereocenters. The molecule has 1 N–H and O–H groups in total. The van der Waals surface area contributed by atoms with Crippen LogP contribution in [0.15, 0.2) is 53.3 Å². The van der Waals surface area contributed by atoms with Crippen molar-refractivity contribution in [1.82, 2.24) is 9.88 Å². The minimum absolute atomic E-state index is 0.0198. The molecule has 0 spiro atoms. The van der Waals surface area contributed by atoms with Crippen LogP contribution in [0.25, 0.3) is 11.1 Å². The first kappa shape index (κ1) is 14.9.